The van der Waals surface area contributed by atoms with Gasteiger partial charge in [0.15, 0.2) is 5.82 Å². The van der Waals surface area contributed by atoms with Gasteiger partial charge in [-0.3, -0.25) is 0 Å². The van der Waals surface area contributed by atoms with Crippen molar-refractivity contribution in [3.8, 4) is 28.3 Å². The van der Waals surface area contributed by atoms with Gasteiger partial charge in [0.2, 0.25) is 0 Å². The van der Waals surface area contributed by atoms with Crippen molar-refractivity contribution < 1.29 is 9.53 Å². The van der Waals surface area contributed by atoms with Crippen molar-refractivity contribution in [3.63, 3.8) is 0 Å². The molecule has 31 heavy (non-hydrogen) atoms. The molecular weight excluding hydrogens is 386 g/mol. The minimum atomic E-state index is -0.469. The first-order valence-corrected chi connectivity index (χ1v) is 11.0. The van der Waals surface area contributed by atoms with Crippen molar-refractivity contribution in [3.05, 3.63) is 66.5 Å². The van der Waals surface area contributed by atoms with Gasteiger partial charge in [-0.15, -0.1) is 0 Å². The number of benzene rings is 2. The minimum Gasteiger partial charge on any atom is -0.494 e. The van der Waals surface area contributed by atoms with E-state index in [1.54, 1.807) is 0 Å². The summed E-state index contributed by atoms with van der Waals surface area (Å²) in [4.78, 5) is 19.7. The number of nitrogens with two attached hydrogens (primary N) is 1. The van der Waals surface area contributed by atoms with Crippen LogP contribution >= 0.6 is 0 Å². The van der Waals surface area contributed by atoms with Gasteiger partial charge in [-0.25, -0.2) is 9.97 Å². The number of rotatable bonds is 12. The topological polar surface area (TPSA) is 78.1 Å². The first-order valence-electron chi connectivity index (χ1n) is 11.0. The van der Waals surface area contributed by atoms with Gasteiger partial charge in [0.05, 0.1) is 12.6 Å². The molecule has 0 bridgehead atoms. The number of nitrogens with zero attached hydrogens (tertiary/aromatic N) is 2. The van der Waals surface area contributed by atoms with Crippen LogP contribution in [0, 0.1) is 0 Å². The van der Waals surface area contributed by atoms with Crippen molar-refractivity contribution in [2.45, 2.75) is 51.5 Å². The monoisotopic (exact) mass is 417 g/mol. The van der Waals surface area contributed by atoms with E-state index in [0.29, 0.717) is 12.2 Å². The van der Waals surface area contributed by atoms with E-state index in [-0.39, 0.29) is 0 Å². The Hall–Kier alpha value is -3.05. The fraction of sp³-hybridized carbons (Fsp3) is 0.346. The van der Waals surface area contributed by atoms with Crippen LogP contribution in [0.2, 0.25) is 0 Å². The highest BCUT2D eigenvalue weighted by molar-refractivity contribution is 5.64. The molecule has 3 aromatic rings. The molecular formula is C26H31N3O2. The first-order chi connectivity index (χ1) is 15.2. The summed E-state index contributed by atoms with van der Waals surface area (Å²) in [5.74, 6) is 1.56. The first kappa shape index (κ1) is 22.6. The molecule has 0 amide bonds. The summed E-state index contributed by atoms with van der Waals surface area (Å²) in [5, 5.41) is 0. The molecule has 1 heterocycles. The number of aldehydes is 1. The summed E-state index contributed by atoms with van der Waals surface area (Å²) >= 11 is 0. The molecule has 1 atom stereocenters. The van der Waals surface area contributed by atoms with Crippen molar-refractivity contribution in [2.24, 2.45) is 5.73 Å². The molecule has 5 heteroatoms. The summed E-state index contributed by atoms with van der Waals surface area (Å²) < 4.78 is 5.84. The molecule has 2 N–H and O–H groups in total. The van der Waals surface area contributed by atoms with Crippen LogP contribution in [0.3, 0.4) is 0 Å². The highest BCUT2D eigenvalue weighted by Gasteiger charge is 2.06. The second kappa shape index (κ2) is 12.0. The molecule has 0 aliphatic carbocycles. The smallest absolute Gasteiger partial charge is 0.159 e. The van der Waals surface area contributed by atoms with E-state index in [0.717, 1.165) is 47.3 Å². The van der Waals surface area contributed by atoms with Crippen molar-refractivity contribution in [1.82, 2.24) is 9.97 Å². The number of ether oxygens (including phenoxy) is 1. The van der Waals surface area contributed by atoms with E-state index in [4.69, 9.17) is 10.5 Å². The molecule has 1 aromatic heterocycles. The molecule has 2 aromatic carbocycles. The molecule has 0 saturated carbocycles. The predicted molar refractivity (Wildman–Crippen MR) is 125 cm³/mol. The molecule has 0 aliphatic heterocycles. The lowest BCUT2D eigenvalue weighted by Crippen LogP contribution is -2.23. The molecule has 162 valence electrons. The Bertz CT molecular complexity index is 922. The molecule has 0 fully saturated rings. The molecule has 0 spiro atoms. The Morgan fingerprint density at radius 3 is 2.16 bits per heavy atom. The third-order valence-electron chi connectivity index (χ3n) is 5.21. The van der Waals surface area contributed by atoms with Crippen LogP contribution in [-0.2, 0) is 11.2 Å². The van der Waals surface area contributed by atoms with E-state index in [9.17, 15) is 4.79 Å². The summed E-state index contributed by atoms with van der Waals surface area (Å²) in [6.45, 7) is 2.99. The molecule has 5 nitrogen and oxygen atoms in total. The zero-order valence-electron chi connectivity index (χ0n) is 18.2. The van der Waals surface area contributed by atoms with E-state index >= 15 is 0 Å². The number of carbonyl (C=O) groups is 1. The number of unbranched alkanes of at least 4 members (excludes halogenated alkanes) is 4. The highest BCUT2D eigenvalue weighted by Crippen LogP contribution is 2.23. The van der Waals surface area contributed by atoms with Crippen LogP contribution in [0.5, 0.6) is 5.75 Å². The van der Waals surface area contributed by atoms with Gasteiger partial charge in [-0.05, 0) is 36.1 Å². The van der Waals surface area contributed by atoms with Gasteiger partial charge in [0, 0.05) is 23.5 Å². The van der Waals surface area contributed by atoms with Crippen LogP contribution in [0.4, 0.5) is 0 Å². The maximum absolute atomic E-state index is 10.7. The van der Waals surface area contributed by atoms with Gasteiger partial charge in [-0.2, -0.15) is 0 Å². The number of hydrogen-bond donors (Lipinski definition) is 1. The van der Waals surface area contributed by atoms with Crippen LogP contribution in [0.1, 0.15) is 44.6 Å². The Morgan fingerprint density at radius 1 is 0.871 bits per heavy atom. The van der Waals surface area contributed by atoms with Crippen LogP contribution in [0.25, 0.3) is 22.5 Å². The molecule has 0 saturated heterocycles. The Labute approximate surface area is 184 Å². The second-order valence-corrected chi connectivity index (χ2v) is 7.78. The van der Waals surface area contributed by atoms with E-state index in [1.807, 2.05) is 60.9 Å². The molecule has 1 unspecified atom stereocenters. The van der Waals surface area contributed by atoms with Crippen LogP contribution < -0.4 is 10.5 Å². The van der Waals surface area contributed by atoms with E-state index in [2.05, 4.69) is 16.9 Å². The van der Waals surface area contributed by atoms with Gasteiger partial charge >= 0.3 is 0 Å². The third-order valence-corrected chi connectivity index (χ3v) is 5.21. The number of aromatic nitrogens is 2. The lowest BCUT2D eigenvalue weighted by molar-refractivity contribution is -0.108. The Morgan fingerprint density at radius 2 is 1.52 bits per heavy atom. The van der Waals surface area contributed by atoms with Gasteiger partial charge < -0.3 is 15.3 Å². The number of hydrogen-bond acceptors (Lipinski definition) is 5. The summed E-state index contributed by atoms with van der Waals surface area (Å²) in [5.41, 5.74) is 9.64. The highest BCUT2D eigenvalue weighted by atomic mass is 16.5. The average molecular weight is 418 g/mol. The Kier molecular flexibility index (Phi) is 8.73. The fourth-order valence-electron chi connectivity index (χ4n) is 3.38. The molecule has 0 aliphatic rings. The van der Waals surface area contributed by atoms with Crippen molar-refractivity contribution >= 4 is 6.29 Å². The number of carbonyl (C=O) groups excluding carboxylic acids is 1. The van der Waals surface area contributed by atoms with Crippen molar-refractivity contribution in [2.75, 3.05) is 6.61 Å². The molecule has 0 radical (unpaired) electrons. The Balaban J connectivity index is 1.55. The summed E-state index contributed by atoms with van der Waals surface area (Å²) in [6, 6.07) is 15.4. The summed E-state index contributed by atoms with van der Waals surface area (Å²) in [7, 11) is 0. The second-order valence-electron chi connectivity index (χ2n) is 7.78. The molecule has 3 rings (SSSR count). The van der Waals surface area contributed by atoms with Crippen LogP contribution in [0.15, 0.2) is 60.9 Å². The SMILES string of the molecule is CCCCCCCOc1ccc(-c2cnc(-c3ccc(CC(N)C=O)cc3)nc2)cc1. The summed E-state index contributed by atoms with van der Waals surface area (Å²) in [6.07, 6.45) is 11.1. The third kappa shape index (κ3) is 7.00. The standard InChI is InChI=1S/C26H31N3O2/c1-2-3-4-5-6-15-31-25-13-11-21(12-14-25)23-17-28-26(29-18-23)22-9-7-20(8-10-22)16-24(27)19-30/h7-14,17-19,24H,2-6,15-16,27H2,1H3. The van der Waals surface area contributed by atoms with Crippen molar-refractivity contribution in [1.29, 1.82) is 0 Å². The minimum absolute atomic E-state index is 0.469. The normalized spacial score (nSPS) is 11.8. The maximum Gasteiger partial charge on any atom is 0.159 e. The predicted octanol–water partition coefficient (Wildman–Crippen LogP) is 5.23. The van der Waals surface area contributed by atoms with Gasteiger partial charge in [0.1, 0.15) is 12.0 Å². The largest absolute Gasteiger partial charge is 0.494 e. The average Bonchev–Trinajstić information content (AvgIpc) is 2.82. The van der Waals surface area contributed by atoms with Gasteiger partial charge in [0.25, 0.3) is 0 Å². The zero-order chi connectivity index (χ0) is 21.9. The zero-order valence-corrected chi connectivity index (χ0v) is 18.2. The van der Waals surface area contributed by atoms with E-state index in [1.165, 1.54) is 25.7 Å². The lowest BCUT2D eigenvalue weighted by atomic mass is 10.0. The quantitative estimate of drug-likeness (QED) is 0.322. The lowest BCUT2D eigenvalue weighted by Gasteiger charge is -2.08. The fourth-order valence-corrected chi connectivity index (χ4v) is 3.38. The van der Waals surface area contributed by atoms with E-state index < -0.39 is 6.04 Å². The maximum atomic E-state index is 10.7. The van der Waals surface area contributed by atoms with Crippen LogP contribution in [-0.4, -0.2) is 28.9 Å². The van der Waals surface area contributed by atoms with Gasteiger partial charge in [-0.1, -0.05) is 69.0 Å².